The summed E-state index contributed by atoms with van der Waals surface area (Å²) in [5.41, 5.74) is 11.8. The van der Waals surface area contributed by atoms with Crippen molar-refractivity contribution in [2.45, 2.75) is 88.7 Å². The fraction of sp³-hybridized carbons (Fsp3) is 0.615. The number of aryl methyl sites for hydroxylation is 1. The Bertz CT molecular complexity index is 1030. The first-order valence-electron chi connectivity index (χ1n) is 12.8. The number of hydrogen-bond donors (Lipinski definition) is 5. The molecule has 0 bridgehead atoms. The van der Waals surface area contributed by atoms with Crippen LogP contribution in [0.25, 0.3) is 0 Å². The molecule has 1 aromatic rings. The number of nitrogens with two attached hydrogens (primary N) is 2. The van der Waals surface area contributed by atoms with E-state index in [1.54, 1.807) is 0 Å². The highest BCUT2D eigenvalue weighted by Crippen LogP contribution is 2.36. The summed E-state index contributed by atoms with van der Waals surface area (Å²) in [4.78, 5) is 55.7. The molecule has 0 radical (unpaired) electrons. The highest BCUT2D eigenvalue weighted by molar-refractivity contribution is 5.98. The van der Waals surface area contributed by atoms with Gasteiger partial charge in [-0.1, -0.05) is 29.8 Å². The maximum absolute atomic E-state index is 14.0. The number of hydrogen-bond acceptors (Lipinski definition) is 7. The Morgan fingerprint density at radius 2 is 1.84 bits per heavy atom. The van der Waals surface area contributed by atoms with Gasteiger partial charge in [0, 0.05) is 19.5 Å². The molecule has 11 nitrogen and oxygen atoms in total. The third kappa shape index (κ3) is 5.94. The first-order valence-corrected chi connectivity index (χ1v) is 12.8. The molecule has 7 N–H and O–H groups in total. The van der Waals surface area contributed by atoms with Crippen LogP contribution in [0, 0.1) is 6.92 Å². The number of carbonyl (C=O) groups excluding carboxylic acids is 4. The van der Waals surface area contributed by atoms with Gasteiger partial charge in [-0.15, -0.1) is 0 Å². The van der Waals surface area contributed by atoms with E-state index in [-0.39, 0.29) is 18.9 Å². The summed E-state index contributed by atoms with van der Waals surface area (Å²) in [6, 6.07) is 4.30. The molecule has 0 saturated carbocycles. The monoisotopic (exact) mass is 517 g/mol. The van der Waals surface area contributed by atoms with E-state index < -0.39 is 53.6 Å². The van der Waals surface area contributed by atoms with Crippen molar-refractivity contribution < 1.29 is 29.4 Å². The zero-order chi connectivity index (χ0) is 27.5. The molecule has 2 aliphatic rings. The number of aliphatic hydroxyl groups excluding tert-OH is 2. The molecule has 204 valence electrons. The van der Waals surface area contributed by atoms with Crippen molar-refractivity contribution in [3.63, 3.8) is 0 Å². The van der Waals surface area contributed by atoms with Crippen LogP contribution in [0.15, 0.2) is 24.3 Å². The molecule has 2 heterocycles. The van der Waals surface area contributed by atoms with Crippen molar-refractivity contribution in [1.29, 1.82) is 0 Å². The fourth-order valence-electron chi connectivity index (χ4n) is 5.43. The Balaban J connectivity index is 1.98. The largest absolute Gasteiger partial charge is 0.391 e. The van der Waals surface area contributed by atoms with Crippen LogP contribution in [0.5, 0.6) is 0 Å². The van der Waals surface area contributed by atoms with Gasteiger partial charge in [0.1, 0.15) is 23.7 Å². The topological polar surface area (TPSA) is 179 Å². The molecule has 37 heavy (non-hydrogen) atoms. The van der Waals surface area contributed by atoms with Gasteiger partial charge in [-0.25, -0.2) is 0 Å². The maximum atomic E-state index is 14.0. The normalized spacial score (nSPS) is 24.9. The molecule has 0 spiro atoms. The Hall–Kier alpha value is -3.02. The van der Waals surface area contributed by atoms with Crippen LogP contribution in [-0.2, 0) is 25.6 Å². The van der Waals surface area contributed by atoms with Crippen LogP contribution < -0.4 is 16.8 Å². The van der Waals surface area contributed by atoms with Crippen molar-refractivity contribution in [2.75, 3.05) is 13.1 Å². The number of primary amides is 1. The number of rotatable bonds is 9. The van der Waals surface area contributed by atoms with Gasteiger partial charge in [-0.2, -0.15) is 0 Å². The third-order valence-electron chi connectivity index (χ3n) is 7.46. The summed E-state index contributed by atoms with van der Waals surface area (Å²) >= 11 is 0. The van der Waals surface area contributed by atoms with Crippen LogP contribution in [0.4, 0.5) is 0 Å². The average Bonchev–Trinajstić information content (AvgIpc) is 3.48. The zero-order valence-corrected chi connectivity index (χ0v) is 21.7. The Labute approximate surface area is 217 Å². The van der Waals surface area contributed by atoms with Crippen LogP contribution >= 0.6 is 0 Å². The van der Waals surface area contributed by atoms with Gasteiger partial charge in [0.05, 0.1) is 12.2 Å². The summed E-state index contributed by atoms with van der Waals surface area (Å²) in [6.45, 7) is 5.32. The van der Waals surface area contributed by atoms with E-state index in [1.165, 1.54) is 23.6 Å². The van der Waals surface area contributed by atoms with Crippen molar-refractivity contribution >= 4 is 23.6 Å². The van der Waals surface area contributed by atoms with E-state index in [4.69, 9.17) is 11.5 Å². The lowest BCUT2D eigenvalue weighted by atomic mass is 9.85. The standard InChI is InChI=1S/C26H39N5O6/c1-15-7-4-8-18(13-15)14-26(25(37)29-21(17(3)33)22(28)34)10-6-12-31(26)23(35)19-9-5-11-30(19)24(36)20(27)16(2)32/h4,7-8,13,16-17,19-21,32-33H,5-6,9-12,14,27H2,1-3H3,(H2,28,34)(H,29,37)/t16-,17-,19+,20+,21+,26-/m1/s1. The van der Waals surface area contributed by atoms with E-state index in [9.17, 15) is 29.4 Å². The molecule has 3 rings (SSSR count). The van der Waals surface area contributed by atoms with Gasteiger partial charge in [-0.3, -0.25) is 19.2 Å². The lowest BCUT2D eigenvalue weighted by molar-refractivity contribution is -0.152. The Morgan fingerprint density at radius 3 is 2.43 bits per heavy atom. The first kappa shape index (κ1) is 28.5. The van der Waals surface area contributed by atoms with Crippen LogP contribution in [0.3, 0.4) is 0 Å². The zero-order valence-electron chi connectivity index (χ0n) is 21.7. The summed E-state index contributed by atoms with van der Waals surface area (Å²) < 4.78 is 0. The van der Waals surface area contributed by atoms with Gasteiger partial charge in [0.2, 0.25) is 23.6 Å². The predicted octanol–water partition coefficient (Wildman–Crippen LogP) is -1.05. The Kier molecular flexibility index (Phi) is 8.93. The molecule has 2 fully saturated rings. The maximum Gasteiger partial charge on any atom is 0.247 e. The van der Waals surface area contributed by atoms with Crippen LogP contribution in [-0.4, -0.2) is 92.6 Å². The SMILES string of the molecule is Cc1cccc(C[C@@]2(C(=O)N[C@H](C(N)=O)[C@@H](C)O)CCCN2C(=O)[C@@H]2CCCN2C(=O)[C@@H](N)[C@@H](C)O)c1. The fourth-order valence-corrected chi connectivity index (χ4v) is 5.43. The number of benzene rings is 1. The number of nitrogens with one attached hydrogen (secondary N) is 1. The van der Waals surface area contributed by atoms with Crippen molar-refractivity contribution in [1.82, 2.24) is 15.1 Å². The predicted molar refractivity (Wildman–Crippen MR) is 136 cm³/mol. The number of carbonyl (C=O) groups is 4. The molecule has 0 aromatic heterocycles. The van der Waals surface area contributed by atoms with E-state index in [2.05, 4.69) is 5.32 Å². The van der Waals surface area contributed by atoms with Crippen LogP contribution in [0.2, 0.25) is 0 Å². The molecule has 11 heteroatoms. The molecular formula is C26H39N5O6. The molecule has 2 aliphatic heterocycles. The molecule has 2 saturated heterocycles. The lowest BCUT2D eigenvalue weighted by Gasteiger charge is -2.41. The summed E-state index contributed by atoms with van der Waals surface area (Å²) in [6.07, 6.45) is -0.253. The average molecular weight is 518 g/mol. The first-order chi connectivity index (χ1) is 17.4. The molecule has 0 aliphatic carbocycles. The number of nitrogens with zero attached hydrogens (tertiary/aromatic N) is 2. The molecule has 4 amide bonds. The van der Waals surface area contributed by atoms with E-state index in [0.29, 0.717) is 32.2 Å². The summed E-state index contributed by atoms with van der Waals surface area (Å²) in [7, 11) is 0. The summed E-state index contributed by atoms with van der Waals surface area (Å²) in [5, 5.41) is 22.5. The highest BCUT2D eigenvalue weighted by atomic mass is 16.3. The van der Waals surface area contributed by atoms with E-state index in [0.717, 1.165) is 11.1 Å². The lowest BCUT2D eigenvalue weighted by Crippen LogP contribution is -2.65. The molecular weight excluding hydrogens is 478 g/mol. The van der Waals surface area contributed by atoms with E-state index in [1.807, 2.05) is 31.2 Å². The minimum atomic E-state index is -1.35. The second-order valence-corrected chi connectivity index (χ2v) is 10.3. The van der Waals surface area contributed by atoms with Crippen molar-refractivity contribution in [3.05, 3.63) is 35.4 Å². The second kappa shape index (κ2) is 11.6. The van der Waals surface area contributed by atoms with Crippen molar-refractivity contribution in [3.8, 4) is 0 Å². The van der Waals surface area contributed by atoms with Gasteiger partial charge >= 0.3 is 0 Å². The van der Waals surface area contributed by atoms with Crippen molar-refractivity contribution in [2.24, 2.45) is 11.5 Å². The number of amides is 4. The highest BCUT2D eigenvalue weighted by Gasteiger charge is 2.53. The Morgan fingerprint density at radius 1 is 1.14 bits per heavy atom. The van der Waals surface area contributed by atoms with Gasteiger partial charge < -0.3 is 36.8 Å². The minimum Gasteiger partial charge on any atom is -0.391 e. The minimum absolute atomic E-state index is 0.186. The van der Waals surface area contributed by atoms with Crippen LogP contribution in [0.1, 0.15) is 50.7 Å². The number of likely N-dealkylation sites (tertiary alicyclic amines) is 2. The van der Waals surface area contributed by atoms with Gasteiger partial charge in [0.15, 0.2) is 0 Å². The van der Waals surface area contributed by atoms with Gasteiger partial charge in [-0.05, 0) is 52.0 Å². The molecule has 0 unspecified atom stereocenters. The van der Waals surface area contributed by atoms with E-state index >= 15 is 0 Å². The smallest absolute Gasteiger partial charge is 0.247 e. The summed E-state index contributed by atoms with van der Waals surface area (Å²) in [5.74, 6) is -2.36. The molecule has 1 aromatic carbocycles. The third-order valence-corrected chi connectivity index (χ3v) is 7.46. The molecule has 6 atom stereocenters. The number of aliphatic hydroxyl groups is 2. The quantitative estimate of drug-likeness (QED) is 0.277. The second-order valence-electron chi connectivity index (χ2n) is 10.3. The van der Waals surface area contributed by atoms with Gasteiger partial charge in [0.25, 0.3) is 0 Å².